The minimum absolute atomic E-state index is 0.667. The molecule has 0 aromatic heterocycles. The van der Waals surface area contributed by atoms with E-state index in [2.05, 4.69) is 46.4 Å². The standard InChI is InChI=1S/C12H23N/c1-8(2)11-7-13(10(5)6)12(11)9(3)4/h8-10H,7H2,1-6H3. The van der Waals surface area contributed by atoms with Crippen molar-refractivity contribution in [1.82, 2.24) is 4.90 Å². The Labute approximate surface area is 82.8 Å². The fourth-order valence-electron chi connectivity index (χ4n) is 2.08. The summed E-state index contributed by atoms with van der Waals surface area (Å²) in [6.45, 7) is 14.9. The number of allylic oxidation sites excluding steroid dienone is 1. The predicted molar refractivity (Wildman–Crippen MR) is 58.5 cm³/mol. The number of hydrogen-bond donors (Lipinski definition) is 0. The van der Waals surface area contributed by atoms with Crippen molar-refractivity contribution in [2.24, 2.45) is 11.8 Å². The summed E-state index contributed by atoms with van der Waals surface area (Å²) in [4.78, 5) is 2.53. The highest BCUT2D eigenvalue weighted by molar-refractivity contribution is 5.28. The Morgan fingerprint density at radius 1 is 0.923 bits per heavy atom. The minimum Gasteiger partial charge on any atom is -0.368 e. The van der Waals surface area contributed by atoms with Crippen molar-refractivity contribution >= 4 is 0 Å². The summed E-state index contributed by atoms with van der Waals surface area (Å²) in [5.74, 6) is 1.42. The van der Waals surface area contributed by atoms with Gasteiger partial charge in [-0.3, -0.25) is 0 Å². The largest absolute Gasteiger partial charge is 0.368 e. The van der Waals surface area contributed by atoms with Gasteiger partial charge in [-0.15, -0.1) is 0 Å². The summed E-state index contributed by atoms with van der Waals surface area (Å²) in [6, 6.07) is 0.667. The van der Waals surface area contributed by atoms with Gasteiger partial charge in [-0.1, -0.05) is 27.7 Å². The summed E-state index contributed by atoms with van der Waals surface area (Å²) in [6.07, 6.45) is 0. The first-order valence-corrected chi connectivity index (χ1v) is 5.44. The molecule has 1 heterocycles. The van der Waals surface area contributed by atoms with Crippen molar-refractivity contribution in [2.45, 2.75) is 47.6 Å². The molecule has 1 nitrogen and oxygen atoms in total. The molecule has 1 aliphatic rings. The summed E-state index contributed by atoms with van der Waals surface area (Å²) < 4.78 is 0. The SMILES string of the molecule is CC(C)C1=C(C(C)C)N(C(C)C)C1. The lowest BCUT2D eigenvalue weighted by molar-refractivity contribution is 0.216. The lowest BCUT2D eigenvalue weighted by Crippen LogP contribution is -2.44. The average Bonchev–Trinajstić information content (AvgIpc) is 1.79. The van der Waals surface area contributed by atoms with E-state index < -0.39 is 0 Å². The van der Waals surface area contributed by atoms with Crippen molar-refractivity contribution in [3.63, 3.8) is 0 Å². The highest BCUT2D eigenvalue weighted by Crippen LogP contribution is 2.35. The maximum atomic E-state index is 2.53. The van der Waals surface area contributed by atoms with Gasteiger partial charge in [0.05, 0.1) is 0 Å². The molecule has 1 rings (SSSR count). The normalized spacial score (nSPS) is 17.8. The van der Waals surface area contributed by atoms with Gasteiger partial charge in [0, 0.05) is 18.3 Å². The molecule has 0 N–H and O–H groups in total. The minimum atomic E-state index is 0.667. The zero-order valence-electron chi connectivity index (χ0n) is 9.89. The fourth-order valence-corrected chi connectivity index (χ4v) is 2.08. The van der Waals surface area contributed by atoms with Crippen molar-refractivity contribution < 1.29 is 0 Å². The molecule has 0 aromatic carbocycles. The Morgan fingerprint density at radius 2 is 1.46 bits per heavy atom. The van der Waals surface area contributed by atoms with Crippen LogP contribution in [0.25, 0.3) is 0 Å². The molecule has 76 valence electrons. The molecule has 0 amide bonds. The van der Waals surface area contributed by atoms with Crippen LogP contribution in [0, 0.1) is 11.8 Å². The van der Waals surface area contributed by atoms with E-state index in [0.29, 0.717) is 12.0 Å². The number of hydrogen-bond acceptors (Lipinski definition) is 1. The Morgan fingerprint density at radius 3 is 1.77 bits per heavy atom. The first-order valence-electron chi connectivity index (χ1n) is 5.44. The molecule has 1 heteroatoms. The van der Waals surface area contributed by atoms with Gasteiger partial charge in [-0.05, 0) is 31.3 Å². The van der Waals surface area contributed by atoms with Crippen molar-refractivity contribution in [1.29, 1.82) is 0 Å². The van der Waals surface area contributed by atoms with Gasteiger partial charge < -0.3 is 4.90 Å². The van der Waals surface area contributed by atoms with Crippen LogP contribution in [0.3, 0.4) is 0 Å². The maximum Gasteiger partial charge on any atom is 0.0411 e. The van der Waals surface area contributed by atoms with Gasteiger partial charge in [0.1, 0.15) is 0 Å². The van der Waals surface area contributed by atoms with E-state index in [9.17, 15) is 0 Å². The molecule has 0 radical (unpaired) electrons. The van der Waals surface area contributed by atoms with Crippen LogP contribution in [0.15, 0.2) is 11.3 Å². The maximum absolute atomic E-state index is 2.53. The third-order valence-electron chi connectivity index (χ3n) is 2.85. The van der Waals surface area contributed by atoms with Crippen LogP contribution in [0.1, 0.15) is 41.5 Å². The quantitative estimate of drug-likeness (QED) is 0.646. The highest BCUT2D eigenvalue weighted by Gasteiger charge is 2.30. The Balaban J connectivity index is 2.82. The third-order valence-corrected chi connectivity index (χ3v) is 2.85. The van der Waals surface area contributed by atoms with E-state index in [1.807, 2.05) is 0 Å². The Kier molecular flexibility index (Phi) is 3.05. The van der Waals surface area contributed by atoms with Crippen molar-refractivity contribution in [2.75, 3.05) is 6.54 Å². The van der Waals surface area contributed by atoms with E-state index in [1.165, 1.54) is 6.54 Å². The first kappa shape index (κ1) is 10.6. The molecule has 0 atom stereocenters. The van der Waals surface area contributed by atoms with Crippen LogP contribution in [-0.2, 0) is 0 Å². The van der Waals surface area contributed by atoms with Gasteiger partial charge in [0.15, 0.2) is 0 Å². The molecule has 0 fully saturated rings. The summed E-state index contributed by atoms with van der Waals surface area (Å²) >= 11 is 0. The molecule has 0 spiro atoms. The molecule has 13 heavy (non-hydrogen) atoms. The van der Waals surface area contributed by atoms with Crippen molar-refractivity contribution in [3.05, 3.63) is 11.3 Å². The molecule has 1 aliphatic heterocycles. The fraction of sp³-hybridized carbons (Fsp3) is 0.833. The monoisotopic (exact) mass is 181 g/mol. The molecule has 0 saturated carbocycles. The Bertz CT molecular complexity index is 211. The molecule has 0 bridgehead atoms. The van der Waals surface area contributed by atoms with Gasteiger partial charge >= 0.3 is 0 Å². The lowest BCUT2D eigenvalue weighted by Gasteiger charge is -2.45. The summed E-state index contributed by atoms with van der Waals surface area (Å²) in [5, 5.41) is 0. The van der Waals surface area contributed by atoms with Crippen molar-refractivity contribution in [3.8, 4) is 0 Å². The zero-order chi connectivity index (χ0) is 10.2. The van der Waals surface area contributed by atoms with E-state index in [1.54, 1.807) is 11.3 Å². The highest BCUT2D eigenvalue weighted by atomic mass is 15.2. The van der Waals surface area contributed by atoms with E-state index in [-0.39, 0.29) is 0 Å². The molecular formula is C12H23N. The van der Waals surface area contributed by atoms with Crippen LogP contribution < -0.4 is 0 Å². The van der Waals surface area contributed by atoms with E-state index >= 15 is 0 Å². The summed E-state index contributed by atoms with van der Waals surface area (Å²) in [7, 11) is 0. The van der Waals surface area contributed by atoms with Crippen LogP contribution in [-0.4, -0.2) is 17.5 Å². The van der Waals surface area contributed by atoms with Crippen LogP contribution >= 0.6 is 0 Å². The molecular weight excluding hydrogens is 158 g/mol. The van der Waals surface area contributed by atoms with Gasteiger partial charge in [-0.2, -0.15) is 0 Å². The lowest BCUT2D eigenvalue weighted by atomic mass is 9.87. The number of nitrogens with zero attached hydrogens (tertiary/aromatic N) is 1. The molecule has 0 saturated heterocycles. The van der Waals surface area contributed by atoms with Gasteiger partial charge in [0.25, 0.3) is 0 Å². The van der Waals surface area contributed by atoms with E-state index in [4.69, 9.17) is 0 Å². The smallest absolute Gasteiger partial charge is 0.0411 e. The Hall–Kier alpha value is -0.460. The van der Waals surface area contributed by atoms with Crippen LogP contribution in [0.5, 0.6) is 0 Å². The molecule has 0 unspecified atom stereocenters. The number of rotatable bonds is 3. The van der Waals surface area contributed by atoms with Crippen LogP contribution in [0.4, 0.5) is 0 Å². The average molecular weight is 181 g/mol. The second-order valence-corrected chi connectivity index (χ2v) is 4.94. The second kappa shape index (κ2) is 3.73. The van der Waals surface area contributed by atoms with E-state index in [0.717, 1.165) is 5.92 Å². The first-order chi connectivity index (χ1) is 5.95. The topological polar surface area (TPSA) is 3.24 Å². The zero-order valence-corrected chi connectivity index (χ0v) is 9.89. The van der Waals surface area contributed by atoms with Crippen LogP contribution in [0.2, 0.25) is 0 Å². The molecule has 0 aliphatic carbocycles. The second-order valence-electron chi connectivity index (χ2n) is 4.94. The third kappa shape index (κ3) is 1.90. The van der Waals surface area contributed by atoms with Gasteiger partial charge in [0.2, 0.25) is 0 Å². The summed E-state index contributed by atoms with van der Waals surface area (Å²) in [5.41, 5.74) is 3.27. The predicted octanol–water partition coefficient (Wildman–Crippen LogP) is 3.28. The van der Waals surface area contributed by atoms with Gasteiger partial charge in [-0.25, -0.2) is 0 Å². The molecule has 0 aromatic rings.